The van der Waals surface area contributed by atoms with Crippen molar-refractivity contribution in [2.45, 2.75) is 96.3 Å². The molecule has 31 heavy (non-hydrogen) atoms. The molecule has 0 spiro atoms. The maximum absolute atomic E-state index is 13.8. The first kappa shape index (κ1) is 21.7. The zero-order valence-electron chi connectivity index (χ0n) is 19.0. The van der Waals surface area contributed by atoms with Crippen LogP contribution in [-0.4, -0.2) is 38.9 Å². The molecule has 0 unspecified atom stereocenters. The molecule has 2 atom stereocenters. The third kappa shape index (κ3) is 4.04. The van der Waals surface area contributed by atoms with E-state index in [2.05, 4.69) is 12.2 Å². The summed E-state index contributed by atoms with van der Waals surface area (Å²) in [7, 11) is 0. The number of rotatable bonds is 5. The second-order valence-electron chi connectivity index (χ2n) is 9.39. The summed E-state index contributed by atoms with van der Waals surface area (Å²) in [5, 5.41) is 3.33. The van der Waals surface area contributed by atoms with Crippen LogP contribution in [0.2, 0.25) is 0 Å². The molecule has 2 aliphatic rings. The topological polar surface area (TPSA) is 67.5 Å². The molecule has 6 nitrogen and oxygen atoms in total. The van der Waals surface area contributed by atoms with Gasteiger partial charge in [-0.15, -0.1) is 0 Å². The van der Waals surface area contributed by atoms with E-state index >= 15 is 0 Å². The molecule has 0 aromatic carbocycles. The van der Waals surface area contributed by atoms with Crippen LogP contribution >= 0.6 is 0 Å². The van der Waals surface area contributed by atoms with Gasteiger partial charge in [0.1, 0.15) is 17.0 Å². The molecular weight excluding hydrogens is 390 g/mol. The molecule has 168 valence electrons. The molecule has 0 bridgehead atoms. The second-order valence-corrected chi connectivity index (χ2v) is 9.39. The highest BCUT2D eigenvalue weighted by atomic mass is 16.3. The normalized spacial score (nSPS) is 23.7. The Morgan fingerprint density at radius 2 is 1.84 bits per heavy atom. The van der Waals surface area contributed by atoms with Crippen molar-refractivity contribution in [3.63, 3.8) is 0 Å². The molecular formula is C25H35N3O3. The number of fused-ring (bicyclic) bond motifs is 1. The van der Waals surface area contributed by atoms with Gasteiger partial charge in [-0.3, -0.25) is 9.59 Å². The van der Waals surface area contributed by atoms with Crippen LogP contribution in [0.25, 0.3) is 11.5 Å². The van der Waals surface area contributed by atoms with Gasteiger partial charge >= 0.3 is 0 Å². The van der Waals surface area contributed by atoms with Gasteiger partial charge in [-0.05, 0) is 57.4 Å². The van der Waals surface area contributed by atoms with E-state index in [1.807, 2.05) is 47.6 Å². The Labute approximate surface area is 185 Å². The van der Waals surface area contributed by atoms with E-state index in [1.165, 1.54) is 19.3 Å². The molecule has 6 heteroatoms. The van der Waals surface area contributed by atoms with Crippen LogP contribution in [0.1, 0.15) is 82.6 Å². The molecule has 1 saturated carbocycles. The van der Waals surface area contributed by atoms with Gasteiger partial charge in [0.2, 0.25) is 5.91 Å². The number of nitrogens with zero attached hydrogens (tertiary/aromatic N) is 2. The summed E-state index contributed by atoms with van der Waals surface area (Å²) in [6.07, 6.45) is 10.5. The lowest BCUT2D eigenvalue weighted by molar-refractivity contribution is -0.135. The molecule has 2 aromatic rings. The summed E-state index contributed by atoms with van der Waals surface area (Å²) in [5.41, 5.74) is 0.493. The van der Waals surface area contributed by atoms with Crippen LogP contribution in [0, 0.1) is 0 Å². The highest BCUT2D eigenvalue weighted by Crippen LogP contribution is 2.35. The number of carbonyl (C=O) groups excluding carboxylic acids is 2. The molecule has 0 saturated heterocycles. The Balaban J connectivity index is 1.67. The first-order valence-electron chi connectivity index (χ1n) is 11.8. The monoisotopic (exact) mass is 425 g/mol. The maximum Gasteiger partial charge on any atom is 0.271 e. The van der Waals surface area contributed by atoms with Gasteiger partial charge in [0, 0.05) is 12.1 Å². The zero-order valence-corrected chi connectivity index (χ0v) is 19.0. The summed E-state index contributed by atoms with van der Waals surface area (Å²) in [5.74, 6) is 0.573. The molecule has 1 aliphatic carbocycles. The van der Waals surface area contributed by atoms with Crippen molar-refractivity contribution in [2.24, 2.45) is 0 Å². The standard InChI is InChI=1S/C25H35N3O3/c1-4-18(2)28-23(29)21-15-14-20(22-13-10-16-31-22)27(21)17-25(28,3)24(30)26-19-11-8-6-5-7-9-12-19/h10,13-16,18-19H,4-9,11-12,17H2,1-3H3,(H,26,30)/t18-,25+/m0/s1. The minimum atomic E-state index is -0.956. The number of hydrogen-bond donors (Lipinski definition) is 1. The van der Waals surface area contributed by atoms with Gasteiger partial charge in [-0.25, -0.2) is 0 Å². The van der Waals surface area contributed by atoms with Gasteiger partial charge in [-0.1, -0.05) is 39.0 Å². The van der Waals surface area contributed by atoms with Crippen molar-refractivity contribution >= 4 is 11.8 Å². The van der Waals surface area contributed by atoms with Crippen molar-refractivity contribution < 1.29 is 14.0 Å². The summed E-state index contributed by atoms with van der Waals surface area (Å²) >= 11 is 0. The second kappa shape index (κ2) is 8.93. The smallest absolute Gasteiger partial charge is 0.271 e. The first-order chi connectivity index (χ1) is 15.0. The van der Waals surface area contributed by atoms with E-state index in [0.717, 1.165) is 37.8 Å². The number of aromatic nitrogens is 1. The van der Waals surface area contributed by atoms with E-state index in [4.69, 9.17) is 4.42 Å². The maximum atomic E-state index is 13.8. The Morgan fingerprint density at radius 1 is 1.16 bits per heavy atom. The van der Waals surface area contributed by atoms with Crippen molar-refractivity contribution in [2.75, 3.05) is 0 Å². The largest absolute Gasteiger partial charge is 0.463 e. The number of furan rings is 1. The van der Waals surface area contributed by atoms with Crippen LogP contribution in [0.3, 0.4) is 0 Å². The lowest BCUT2D eigenvalue weighted by atomic mass is 9.90. The molecule has 1 fully saturated rings. The van der Waals surface area contributed by atoms with Crippen LogP contribution in [0.15, 0.2) is 34.9 Å². The van der Waals surface area contributed by atoms with E-state index < -0.39 is 5.54 Å². The minimum Gasteiger partial charge on any atom is -0.463 e. The summed E-state index contributed by atoms with van der Waals surface area (Å²) in [6, 6.07) is 7.65. The molecule has 3 heterocycles. The first-order valence-corrected chi connectivity index (χ1v) is 11.8. The van der Waals surface area contributed by atoms with Crippen LogP contribution < -0.4 is 5.32 Å². The molecule has 2 amide bonds. The van der Waals surface area contributed by atoms with E-state index in [0.29, 0.717) is 18.0 Å². The Hall–Kier alpha value is -2.50. The molecule has 4 rings (SSSR count). The lowest BCUT2D eigenvalue weighted by Gasteiger charge is -2.47. The fourth-order valence-electron chi connectivity index (χ4n) is 5.19. The molecule has 2 aromatic heterocycles. The number of hydrogen-bond acceptors (Lipinski definition) is 3. The minimum absolute atomic E-state index is 0.0312. The highest BCUT2D eigenvalue weighted by molar-refractivity contribution is 6.00. The SMILES string of the molecule is CC[C@H](C)N1C(=O)c2ccc(-c3ccco3)n2C[C@]1(C)C(=O)NC1CCCCCCC1. The van der Waals surface area contributed by atoms with Gasteiger partial charge in [0.15, 0.2) is 0 Å². The zero-order chi connectivity index (χ0) is 22.0. The predicted octanol–water partition coefficient (Wildman–Crippen LogP) is 4.99. The van der Waals surface area contributed by atoms with Crippen molar-refractivity contribution in [3.05, 3.63) is 36.2 Å². The van der Waals surface area contributed by atoms with Crippen molar-refractivity contribution in [1.82, 2.24) is 14.8 Å². The van der Waals surface area contributed by atoms with Crippen LogP contribution in [0.5, 0.6) is 0 Å². The van der Waals surface area contributed by atoms with Gasteiger partial charge < -0.3 is 19.2 Å². The lowest BCUT2D eigenvalue weighted by Crippen LogP contribution is -2.67. The third-order valence-electron chi connectivity index (χ3n) is 7.15. The van der Waals surface area contributed by atoms with Crippen molar-refractivity contribution in [3.8, 4) is 11.5 Å². The molecule has 1 aliphatic heterocycles. The Bertz CT molecular complexity index is 909. The molecule has 0 radical (unpaired) electrons. The summed E-state index contributed by atoms with van der Waals surface area (Å²) in [4.78, 5) is 29.2. The number of amides is 2. The van der Waals surface area contributed by atoms with E-state index in [1.54, 1.807) is 6.26 Å². The van der Waals surface area contributed by atoms with Crippen molar-refractivity contribution in [1.29, 1.82) is 0 Å². The van der Waals surface area contributed by atoms with Crippen LogP contribution in [0.4, 0.5) is 0 Å². The van der Waals surface area contributed by atoms with E-state index in [9.17, 15) is 9.59 Å². The fourth-order valence-corrected chi connectivity index (χ4v) is 5.19. The fraction of sp³-hybridized carbons (Fsp3) is 0.600. The average Bonchev–Trinajstić information content (AvgIpc) is 3.39. The molecule has 1 N–H and O–H groups in total. The number of carbonyl (C=O) groups is 2. The van der Waals surface area contributed by atoms with Gasteiger partial charge in [-0.2, -0.15) is 0 Å². The van der Waals surface area contributed by atoms with E-state index in [-0.39, 0.29) is 23.9 Å². The average molecular weight is 426 g/mol. The Morgan fingerprint density at radius 3 is 2.48 bits per heavy atom. The summed E-state index contributed by atoms with van der Waals surface area (Å²) < 4.78 is 7.56. The predicted molar refractivity (Wildman–Crippen MR) is 121 cm³/mol. The highest BCUT2D eigenvalue weighted by Gasteiger charge is 2.49. The third-order valence-corrected chi connectivity index (χ3v) is 7.15. The van der Waals surface area contributed by atoms with Gasteiger partial charge in [0.05, 0.1) is 18.5 Å². The van der Waals surface area contributed by atoms with Crippen LogP contribution in [-0.2, 0) is 11.3 Å². The quantitative estimate of drug-likeness (QED) is 0.734. The number of nitrogens with one attached hydrogen (secondary N) is 1. The Kier molecular flexibility index (Phi) is 6.26. The summed E-state index contributed by atoms with van der Waals surface area (Å²) in [6.45, 7) is 6.43. The van der Waals surface area contributed by atoms with Gasteiger partial charge in [0.25, 0.3) is 5.91 Å².